The molecule has 0 unspecified atom stereocenters. The highest BCUT2D eigenvalue weighted by atomic mass is 32.2. The lowest BCUT2D eigenvalue weighted by Gasteiger charge is -2.12. The number of hydrogen-bond acceptors (Lipinski definition) is 5. The first-order chi connectivity index (χ1) is 12.8. The number of carbonyl (C=O) groups is 1. The molecule has 9 heteroatoms. The average Bonchev–Trinajstić information content (AvgIpc) is 2.61. The van der Waals surface area contributed by atoms with Crippen LogP contribution in [0.2, 0.25) is 0 Å². The molecule has 0 aliphatic carbocycles. The normalized spacial score (nSPS) is 10.7. The zero-order chi connectivity index (χ0) is 19.7. The van der Waals surface area contributed by atoms with Crippen molar-refractivity contribution < 1.29 is 13.2 Å². The van der Waals surface area contributed by atoms with Gasteiger partial charge in [-0.25, -0.2) is 18.4 Å². The summed E-state index contributed by atoms with van der Waals surface area (Å²) in [7, 11) is -3.51. The predicted octanol–water partition coefficient (Wildman–Crippen LogP) is 1.77. The molecule has 0 heterocycles. The van der Waals surface area contributed by atoms with Crippen molar-refractivity contribution >= 4 is 27.4 Å². The highest BCUT2D eigenvalue weighted by Gasteiger charge is 2.04. The lowest BCUT2D eigenvalue weighted by Crippen LogP contribution is -2.28. The van der Waals surface area contributed by atoms with E-state index in [0.717, 1.165) is 11.3 Å². The lowest BCUT2D eigenvalue weighted by molar-refractivity contribution is 0.251. The number of primary sulfonamides is 1. The predicted molar refractivity (Wildman–Crippen MR) is 107 cm³/mol. The standard InChI is InChI=1S/C18H23N5O3S/c1-14(20-11-12-27(19,25)26)22-16-7-9-17(10-8-16)23-18(24)21-13-15-5-3-2-4-6-15/h2-10,20,22H,1,11-13H2,(H2,19,25,26)(H2,21,23,24). The summed E-state index contributed by atoms with van der Waals surface area (Å²) in [5.41, 5.74) is 2.39. The number of sulfonamides is 1. The first kappa shape index (κ1) is 20.3. The van der Waals surface area contributed by atoms with Crippen LogP contribution in [-0.4, -0.2) is 26.7 Å². The van der Waals surface area contributed by atoms with Crippen molar-refractivity contribution in [3.8, 4) is 0 Å². The number of nitrogens with two attached hydrogens (primary N) is 1. The second-order valence-electron chi connectivity index (χ2n) is 5.77. The maximum atomic E-state index is 11.9. The molecule has 0 saturated heterocycles. The van der Waals surface area contributed by atoms with E-state index in [1.54, 1.807) is 24.3 Å². The van der Waals surface area contributed by atoms with E-state index < -0.39 is 10.0 Å². The Labute approximate surface area is 158 Å². The van der Waals surface area contributed by atoms with Gasteiger partial charge in [-0.3, -0.25) is 0 Å². The van der Waals surface area contributed by atoms with Crippen molar-refractivity contribution in [3.05, 3.63) is 72.6 Å². The minimum atomic E-state index is -3.51. The molecule has 6 N–H and O–H groups in total. The van der Waals surface area contributed by atoms with Crippen LogP contribution < -0.4 is 26.4 Å². The SMILES string of the molecule is C=C(NCCS(N)(=O)=O)Nc1ccc(NC(=O)NCc2ccccc2)cc1. The lowest BCUT2D eigenvalue weighted by atomic mass is 10.2. The Morgan fingerprint density at radius 2 is 1.52 bits per heavy atom. The third-order valence-corrected chi connectivity index (χ3v) is 4.23. The molecule has 2 amide bonds. The maximum absolute atomic E-state index is 11.9. The van der Waals surface area contributed by atoms with Crippen LogP contribution in [0.1, 0.15) is 5.56 Å². The summed E-state index contributed by atoms with van der Waals surface area (Å²) in [6, 6.07) is 16.3. The molecule has 2 aromatic rings. The summed E-state index contributed by atoms with van der Waals surface area (Å²) in [6.45, 7) is 4.36. The van der Waals surface area contributed by atoms with E-state index in [4.69, 9.17) is 5.14 Å². The van der Waals surface area contributed by atoms with Crippen LogP contribution in [-0.2, 0) is 16.6 Å². The highest BCUT2D eigenvalue weighted by molar-refractivity contribution is 7.89. The fourth-order valence-corrected chi connectivity index (χ4v) is 2.54. The Hall–Kier alpha value is -3.04. The van der Waals surface area contributed by atoms with E-state index in [9.17, 15) is 13.2 Å². The van der Waals surface area contributed by atoms with Gasteiger partial charge in [0.1, 0.15) is 0 Å². The van der Waals surface area contributed by atoms with Gasteiger partial charge in [-0.15, -0.1) is 0 Å². The number of urea groups is 1. The average molecular weight is 389 g/mol. The minimum Gasteiger partial charge on any atom is -0.371 e. The van der Waals surface area contributed by atoms with Gasteiger partial charge < -0.3 is 21.3 Å². The largest absolute Gasteiger partial charge is 0.371 e. The number of rotatable bonds is 9. The molecule has 0 spiro atoms. The summed E-state index contributed by atoms with van der Waals surface area (Å²) in [4.78, 5) is 11.9. The molecular formula is C18H23N5O3S. The summed E-state index contributed by atoms with van der Waals surface area (Å²) in [5, 5.41) is 16.3. The molecule has 2 rings (SSSR count). The van der Waals surface area contributed by atoms with Gasteiger partial charge in [0.15, 0.2) is 0 Å². The van der Waals surface area contributed by atoms with Gasteiger partial charge in [-0.2, -0.15) is 0 Å². The van der Waals surface area contributed by atoms with Gasteiger partial charge >= 0.3 is 6.03 Å². The molecule has 2 aromatic carbocycles. The minimum absolute atomic E-state index is 0.159. The fourth-order valence-electron chi connectivity index (χ4n) is 2.15. The van der Waals surface area contributed by atoms with E-state index in [1.807, 2.05) is 30.3 Å². The summed E-state index contributed by atoms with van der Waals surface area (Å²) in [5.74, 6) is 0.259. The van der Waals surface area contributed by atoms with Crippen LogP contribution >= 0.6 is 0 Å². The Kier molecular flexibility index (Phi) is 7.21. The van der Waals surface area contributed by atoms with E-state index >= 15 is 0 Å². The van der Waals surface area contributed by atoms with Crippen LogP contribution in [0.3, 0.4) is 0 Å². The molecule has 0 bridgehead atoms. The Morgan fingerprint density at radius 3 is 2.11 bits per heavy atom. The summed E-state index contributed by atoms with van der Waals surface area (Å²) >= 11 is 0. The zero-order valence-corrected chi connectivity index (χ0v) is 15.6. The van der Waals surface area contributed by atoms with Crippen molar-refractivity contribution in [2.24, 2.45) is 5.14 Å². The van der Waals surface area contributed by atoms with Gasteiger partial charge in [0.05, 0.1) is 11.6 Å². The molecule has 8 nitrogen and oxygen atoms in total. The van der Waals surface area contributed by atoms with E-state index in [2.05, 4.69) is 27.8 Å². The molecule has 0 fully saturated rings. The van der Waals surface area contributed by atoms with E-state index in [1.165, 1.54) is 0 Å². The van der Waals surface area contributed by atoms with Crippen molar-refractivity contribution in [1.29, 1.82) is 0 Å². The van der Waals surface area contributed by atoms with Crippen molar-refractivity contribution in [3.63, 3.8) is 0 Å². The third-order valence-electron chi connectivity index (χ3n) is 3.46. The smallest absolute Gasteiger partial charge is 0.319 e. The molecule has 0 saturated carbocycles. The molecule has 0 atom stereocenters. The molecular weight excluding hydrogens is 366 g/mol. The molecule has 144 valence electrons. The van der Waals surface area contributed by atoms with Gasteiger partial charge in [-0.05, 0) is 29.8 Å². The highest BCUT2D eigenvalue weighted by Crippen LogP contribution is 2.14. The second-order valence-corrected chi connectivity index (χ2v) is 7.50. The fraction of sp³-hybridized carbons (Fsp3) is 0.167. The van der Waals surface area contributed by atoms with Crippen LogP contribution in [0, 0.1) is 0 Å². The maximum Gasteiger partial charge on any atom is 0.319 e. The van der Waals surface area contributed by atoms with E-state index in [-0.39, 0.29) is 18.3 Å². The third kappa shape index (κ3) is 8.25. The van der Waals surface area contributed by atoms with Gasteiger partial charge in [0.2, 0.25) is 10.0 Å². The summed E-state index contributed by atoms with van der Waals surface area (Å²) < 4.78 is 21.7. The Balaban J connectivity index is 1.75. The number of hydrogen-bond donors (Lipinski definition) is 5. The molecule has 27 heavy (non-hydrogen) atoms. The van der Waals surface area contributed by atoms with Gasteiger partial charge in [0.25, 0.3) is 0 Å². The monoisotopic (exact) mass is 389 g/mol. The van der Waals surface area contributed by atoms with Crippen molar-refractivity contribution in [2.75, 3.05) is 22.9 Å². The zero-order valence-electron chi connectivity index (χ0n) is 14.7. The molecule has 0 aliphatic heterocycles. The van der Waals surface area contributed by atoms with Gasteiger partial charge in [-0.1, -0.05) is 36.9 Å². The molecule has 0 aliphatic rings. The van der Waals surface area contributed by atoms with Crippen LogP contribution in [0.15, 0.2) is 67.0 Å². The van der Waals surface area contributed by atoms with Crippen molar-refractivity contribution in [1.82, 2.24) is 10.6 Å². The number of benzene rings is 2. The topological polar surface area (TPSA) is 125 Å². The van der Waals surface area contributed by atoms with Crippen molar-refractivity contribution in [2.45, 2.75) is 6.54 Å². The van der Waals surface area contributed by atoms with Crippen LogP contribution in [0.5, 0.6) is 0 Å². The Bertz CT molecular complexity index is 868. The number of amides is 2. The second kappa shape index (κ2) is 9.60. The number of nitrogens with one attached hydrogen (secondary N) is 4. The van der Waals surface area contributed by atoms with Gasteiger partial charge in [0, 0.05) is 24.5 Å². The first-order valence-corrected chi connectivity index (χ1v) is 9.92. The quantitative estimate of drug-likeness (QED) is 0.447. The van der Waals surface area contributed by atoms with Crippen LogP contribution in [0.25, 0.3) is 0 Å². The molecule has 0 radical (unpaired) electrons. The summed E-state index contributed by atoms with van der Waals surface area (Å²) in [6.07, 6.45) is 0. The number of carbonyl (C=O) groups excluding carboxylic acids is 1. The van der Waals surface area contributed by atoms with Crippen LogP contribution in [0.4, 0.5) is 16.2 Å². The number of anilines is 2. The molecule has 0 aromatic heterocycles. The van der Waals surface area contributed by atoms with E-state index in [0.29, 0.717) is 18.1 Å². The first-order valence-electron chi connectivity index (χ1n) is 8.21. The Morgan fingerprint density at radius 1 is 0.926 bits per heavy atom.